The van der Waals surface area contributed by atoms with Crippen LogP contribution in [-0.2, 0) is 0 Å². The zero-order chi connectivity index (χ0) is 19.4. The molecule has 27 heavy (non-hydrogen) atoms. The van der Waals surface area contributed by atoms with E-state index in [-0.39, 0.29) is 17.4 Å². The minimum Gasteiger partial charge on any atom is -0.324 e. The molecule has 138 valence electrons. The highest BCUT2D eigenvalue weighted by molar-refractivity contribution is 6.03. The van der Waals surface area contributed by atoms with Crippen molar-refractivity contribution < 1.29 is 9.18 Å². The molecular formula is C21H21FN4O. The first-order chi connectivity index (χ1) is 12.9. The molecule has 0 aliphatic heterocycles. The number of hydrogen-bond donors (Lipinski definition) is 2. The van der Waals surface area contributed by atoms with E-state index in [2.05, 4.69) is 34.4 Å². The van der Waals surface area contributed by atoms with Gasteiger partial charge in [0.05, 0.1) is 0 Å². The second-order valence-corrected chi connectivity index (χ2v) is 6.55. The Morgan fingerprint density at radius 1 is 1.04 bits per heavy atom. The summed E-state index contributed by atoms with van der Waals surface area (Å²) in [5.74, 6) is -0.0550. The Kier molecular flexibility index (Phi) is 5.45. The highest BCUT2D eigenvalue weighted by atomic mass is 19.1. The summed E-state index contributed by atoms with van der Waals surface area (Å²) in [5, 5.41) is 5.92. The van der Waals surface area contributed by atoms with Crippen molar-refractivity contribution in [3.05, 3.63) is 77.4 Å². The molecule has 6 heteroatoms. The van der Waals surface area contributed by atoms with E-state index < -0.39 is 0 Å². The molecule has 5 nitrogen and oxygen atoms in total. The Bertz CT molecular complexity index is 955. The van der Waals surface area contributed by atoms with E-state index >= 15 is 0 Å². The van der Waals surface area contributed by atoms with Crippen molar-refractivity contribution in [3.63, 3.8) is 0 Å². The molecule has 0 fully saturated rings. The van der Waals surface area contributed by atoms with Gasteiger partial charge in [-0.15, -0.1) is 0 Å². The third-order valence-electron chi connectivity index (χ3n) is 4.02. The van der Waals surface area contributed by atoms with Crippen molar-refractivity contribution in [2.75, 3.05) is 10.6 Å². The summed E-state index contributed by atoms with van der Waals surface area (Å²) < 4.78 is 13.0. The number of carbonyl (C=O) groups is 1. The third kappa shape index (κ3) is 4.67. The lowest BCUT2D eigenvalue weighted by molar-refractivity contribution is 0.102. The van der Waals surface area contributed by atoms with E-state index in [0.29, 0.717) is 23.2 Å². The van der Waals surface area contributed by atoms with Gasteiger partial charge in [0.2, 0.25) is 5.95 Å². The molecule has 1 amide bonds. The fourth-order valence-electron chi connectivity index (χ4n) is 2.70. The van der Waals surface area contributed by atoms with E-state index in [1.54, 1.807) is 13.0 Å². The summed E-state index contributed by atoms with van der Waals surface area (Å²) >= 11 is 0. The van der Waals surface area contributed by atoms with Crippen LogP contribution in [0.5, 0.6) is 0 Å². The fraction of sp³-hybridized carbons (Fsp3) is 0.190. The Morgan fingerprint density at radius 2 is 1.74 bits per heavy atom. The minimum atomic E-state index is -0.382. The molecule has 1 heterocycles. The zero-order valence-corrected chi connectivity index (χ0v) is 15.5. The number of anilines is 3. The van der Waals surface area contributed by atoms with Gasteiger partial charge in [0, 0.05) is 17.1 Å². The molecule has 0 radical (unpaired) electrons. The van der Waals surface area contributed by atoms with E-state index in [9.17, 15) is 9.18 Å². The second-order valence-electron chi connectivity index (χ2n) is 6.55. The normalized spacial score (nSPS) is 10.7. The van der Waals surface area contributed by atoms with E-state index in [1.165, 1.54) is 24.3 Å². The Balaban J connectivity index is 1.84. The monoisotopic (exact) mass is 364 g/mol. The highest BCUT2D eigenvalue weighted by Gasteiger charge is 2.13. The number of aryl methyl sites for hydroxylation is 1. The average molecular weight is 364 g/mol. The van der Waals surface area contributed by atoms with Crippen LogP contribution in [0.3, 0.4) is 0 Å². The Labute approximate surface area is 157 Å². The van der Waals surface area contributed by atoms with Gasteiger partial charge in [0.15, 0.2) is 0 Å². The van der Waals surface area contributed by atoms with E-state index in [1.807, 2.05) is 24.3 Å². The molecule has 0 aliphatic rings. The molecular weight excluding hydrogens is 343 g/mol. The Morgan fingerprint density at radius 3 is 2.44 bits per heavy atom. The van der Waals surface area contributed by atoms with Crippen LogP contribution in [0, 0.1) is 12.7 Å². The molecule has 0 aliphatic carbocycles. The first-order valence-corrected chi connectivity index (χ1v) is 8.71. The molecule has 3 aromatic rings. The van der Waals surface area contributed by atoms with Crippen molar-refractivity contribution in [3.8, 4) is 0 Å². The molecule has 0 atom stereocenters. The maximum absolute atomic E-state index is 13.0. The van der Waals surface area contributed by atoms with Gasteiger partial charge in [-0.1, -0.05) is 32.0 Å². The van der Waals surface area contributed by atoms with Crippen LogP contribution >= 0.6 is 0 Å². The number of hydrogen-bond acceptors (Lipinski definition) is 4. The van der Waals surface area contributed by atoms with Gasteiger partial charge >= 0.3 is 0 Å². The van der Waals surface area contributed by atoms with E-state index in [4.69, 9.17) is 0 Å². The van der Waals surface area contributed by atoms with Gasteiger partial charge in [-0.2, -0.15) is 0 Å². The van der Waals surface area contributed by atoms with Crippen molar-refractivity contribution in [2.24, 2.45) is 0 Å². The third-order valence-corrected chi connectivity index (χ3v) is 4.02. The zero-order valence-electron chi connectivity index (χ0n) is 15.5. The van der Waals surface area contributed by atoms with Gasteiger partial charge in [-0.05, 0) is 54.8 Å². The topological polar surface area (TPSA) is 66.9 Å². The van der Waals surface area contributed by atoms with Crippen LogP contribution < -0.4 is 10.6 Å². The summed E-state index contributed by atoms with van der Waals surface area (Å²) in [6.07, 6.45) is 0. The summed E-state index contributed by atoms with van der Waals surface area (Å²) in [6.45, 7) is 6.02. The van der Waals surface area contributed by atoms with Crippen LogP contribution in [0.1, 0.15) is 41.5 Å². The molecule has 1 aromatic heterocycles. The number of nitrogens with one attached hydrogen (secondary N) is 2. The maximum Gasteiger partial charge on any atom is 0.274 e. The van der Waals surface area contributed by atoms with Gasteiger partial charge in [0.1, 0.15) is 11.5 Å². The lowest BCUT2D eigenvalue weighted by atomic mass is 10.0. The summed E-state index contributed by atoms with van der Waals surface area (Å²) in [5.41, 5.74) is 3.44. The SMILES string of the molecule is Cc1cc(C(=O)Nc2ccc(F)cc2)nc(Nc2ccccc2C(C)C)n1. The molecule has 3 rings (SSSR count). The number of benzene rings is 2. The second kappa shape index (κ2) is 7.95. The number of nitrogens with zero attached hydrogens (tertiary/aromatic N) is 2. The molecule has 2 N–H and O–H groups in total. The smallest absolute Gasteiger partial charge is 0.274 e. The first-order valence-electron chi connectivity index (χ1n) is 8.71. The van der Waals surface area contributed by atoms with Crippen LogP contribution in [0.25, 0.3) is 0 Å². The molecule has 0 bridgehead atoms. The standard InChI is InChI=1S/C21H21FN4O/c1-13(2)17-6-4-5-7-18(17)25-21-23-14(3)12-19(26-21)20(27)24-16-10-8-15(22)9-11-16/h4-13H,1-3H3,(H,24,27)(H,23,25,26). The molecule has 0 saturated carbocycles. The maximum atomic E-state index is 13.0. The van der Waals surface area contributed by atoms with Crippen molar-refractivity contribution in [1.82, 2.24) is 9.97 Å². The number of carbonyl (C=O) groups excluding carboxylic acids is 1. The van der Waals surface area contributed by atoms with E-state index in [0.717, 1.165) is 11.3 Å². The van der Waals surface area contributed by atoms with Crippen molar-refractivity contribution in [1.29, 1.82) is 0 Å². The first kappa shape index (κ1) is 18.5. The minimum absolute atomic E-state index is 0.233. The highest BCUT2D eigenvalue weighted by Crippen LogP contribution is 2.26. The van der Waals surface area contributed by atoms with Crippen LogP contribution in [0.15, 0.2) is 54.6 Å². The molecule has 0 saturated heterocycles. The molecule has 0 spiro atoms. The lowest BCUT2D eigenvalue weighted by Crippen LogP contribution is -2.15. The number of amides is 1. The van der Waals surface area contributed by atoms with Crippen LogP contribution in [-0.4, -0.2) is 15.9 Å². The predicted molar refractivity (Wildman–Crippen MR) is 105 cm³/mol. The van der Waals surface area contributed by atoms with Gasteiger partial charge in [-0.25, -0.2) is 14.4 Å². The van der Waals surface area contributed by atoms with Crippen LogP contribution in [0.4, 0.5) is 21.7 Å². The van der Waals surface area contributed by atoms with Crippen LogP contribution in [0.2, 0.25) is 0 Å². The van der Waals surface area contributed by atoms with Gasteiger partial charge in [0.25, 0.3) is 5.91 Å². The summed E-state index contributed by atoms with van der Waals surface area (Å²) in [4.78, 5) is 21.2. The number of aromatic nitrogens is 2. The largest absolute Gasteiger partial charge is 0.324 e. The lowest BCUT2D eigenvalue weighted by Gasteiger charge is -2.14. The molecule has 2 aromatic carbocycles. The van der Waals surface area contributed by atoms with Gasteiger partial charge in [-0.3, -0.25) is 4.79 Å². The summed E-state index contributed by atoms with van der Waals surface area (Å²) in [6, 6.07) is 15.1. The summed E-state index contributed by atoms with van der Waals surface area (Å²) in [7, 11) is 0. The van der Waals surface area contributed by atoms with Crippen molar-refractivity contribution in [2.45, 2.75) is 26.7 Å². The number of rotatable bonds is 5. The average Bonchev–Trinajstić information content (AvgIpc) is 2.63. The quantitative estimate of drug-likeness (QED) is 0.665. The molecule has 0 unspecified atom stereocenters. The fourth-order valence-corrected chi connectivity index (χ4v) is 2.70. The van der Waals surface area contributed by atoms with Gasteiger partial charge < -0.3 is 10.6 Å². The van der Waals surface area contributed by atoms with Crippen molar-refractivity contribution >= 4 is 23.2 Å². The number of para-hydroxylation sites is 1. The Hall–Kier alpha value is -3.28. The number of halogens is 1. The predicted octanol–water partition coefficient (Wildman–Crippen LogP) is 5.04.